The zero-order chi connectivity index (χ0) is 21.2. The van der Waals surface area contributed by atoms with Crippen molar-refractivity contribution in [3.05, 3.63) is 34.5 Å². The molecule has 0 spiro atoms. The van der Waals surface area contributed by atoms with Crippen molar-refractivity contribution < 1.29 is 18.7 Å². The lowest BCUT2D eigenvalue weighted by Gasteiger charge is -2.36. The van der Waals surface area contributed by atoms with Gasteiger partial charge in [0.25, 0.3) is 5.69 Å². The average Bonchev–Trinajstić information content (AvgIpc) is 2.66. The van der Waals surface area contributed by atoms with Crippen molar-refractivity contribution in [1.29, 1.82) is 0 Å². The first-order chi connectivity index (χ1) is 13.6. The quantitative estimate of drug-likeness (QED) is 0.549. The van der Waals surface area contributed by atoms with Gasteiger partial charge in [0.2, 0.25) is 0 Å². The molecule has 9 nitrogen and oxygen atoms in total. The number of ether oxygens (including phenoxy) is 1. The molecule has 0 aliphatic carbocycles. The van der Waals surface area contributed by atoms with E-state index in [1.54, 1.807) is 4.90 Å². The third-order valence-corrected chi connectivity index (χ3v) is 5.90. The number of nitro benzene ring substituents is 1. The normalized spacial score (nSPS) is 18.4. The minimum atomic E-state index is -1.47. The van der Waals surface area contributed by atoms with Gasteiger partial charge >= 0.3 is 6.09 Å². The zero-order valence-electron chi connectivity index (χ0n) is 16.7. The highest BCUT2D eigenvalue weighted by molar-refractivity contribution is 7.85. The van der Waals surface area contributed by atoms with Crippen molar-refractivity contribution in [1.82, 2.24) is 14.9 Å². The van der Waals surface area contributed by atoms with Crippen LogP contribution in [0.25, 0.3) is 11.0 Å². The van der Waals surface area contributed by atoms with Gasteiger partial charge < -0.3 is 9.64 Å². The summed E-state index contributed by atoms with van der Waals surface area (Å²) in [5.74, 6) is 0.242. The maximum Gasteiger partial charge on any atom is 0.410 e. The van der Waals surface area contributed by atoms with Gasteiger partial charge in [0.05, 0.1) is 38.7 Å². The van der Waals surface area contributed by atoms with Gasteiger partial charge in [0, 0.05) is 24.7 Å². The molecule has 1 aromatic carbocycles. The monoisotopic (exact) mass is 420 g/mol. The second kappa shape index (κ2) is 8.40. The number of nitrogens with zero attached hydrogens (tertiary/aromatic N) is 4. The van der Waals surface area contributed by atoms with Gasteiger partial charge in [-0.3, -0.25) is 19.3 Å². The summed E-state index contributed by atoms with van der Waals surface area (Å²) in [6.07, 6.45) is 3.57. The minimum Gasteiger partial charge on any atom is -0.444 e. The molecule has 3 rings (SSSR count). The molecule has 0 N–H and O–H groups in total. The summed E-state index contributed by atoms with van der Waals surface area (Å²) < 4.78 is 18.4. The minimum absolute atomic E-state index is 0.0733. The van der Waals surface area contributed by atoms with E-state index in [1.165, 1.54) is 24.4 Å². The van der Waals surface area contributed by atoms with Crippen molar-refractivity contribution in [2.24, 2.45) is 0 Å². The summed E-state index contributed by atoms with van der Waals surface area (Å²) in [6.45, 7) is 6.02. The Bertz CT molecular complexity index is 959. The van der Waals surface area contributed by atoms with Crippen LogP contribution in [0.5, 0.6) is 0 Å². The summed E-state index contributed by atoms with van der Waals surface area (Å²) in [6, 6.07) is 3.97. The lowest BCUT2D eigenvalue weighted by atomic mass is 10.0. The number of amides is 1. The van der Waals surface area contributed by atoms with Crippen LogP contribution in [0.3, 0.4) is 0 Å². The van der Waals surface area contributed by atoms with E-state index in [4.69, 9.17) is 4.74 Å². The van der Waals surface area contributed by atoms with Crippen LogP contribution in [-0.2, 0) is 15.5 Å². The Morgan fingerprint density at radius 3 is 2.79 bits per heavy atom. The Balaban J connectivity index is 1.76. The molecule has 10 heteroatoms. The van der Waals surface area contributed by atoms with Crippen molar-refractivity contribution in [2.75, 3.05) is 12.3 Å². The van der Waals surface area contributed by atoms with Gasteiger partial charge in [-0.1, -0.05) is 0 Å². The molecule has 1 fully saturated rings. The molecule has 1 aromatic heterocycles. The Kier molecular flexibility index (Phi) is 6.11. The standard InChI is InChI=1S/C19H24N4O5S/c1-19(2,3)28-18(24)22-9-5-4-6-14(22)12-29(27)17-11-20-16-10-13(23(25)26)7-8-15(16)21-17/h7-8,10-11,14H,4-6,9,12H2,1-3H3/t14-,29+/m0/s1. The van der Waals surface area contributed by atoms with E-state index < -0.39 is 27.4 Å². The highest BCUT2D eigenvalue weighted by atomic mass is 32.2. The average molecular weight is 420 g/mol. The predicted octanol–water partition coefficient (Wildman–Crippen LogP) is 3.44. The summed E-state index contributed by atoms with van der Waals surface area (Å²) in [5.41, 5.74) is 0.142. The molecular formula is C19H24N4O5S. The number of carbonyl (C=O) groups excluding carboxylic acids is 1. The van der Waals surface area contributed by atoms with Crippen LogP contribution in [0, 0.1) is 10.1 Å². The van der Waals surface area contributed by atoms with Crippen LogP contribution in [-0.4, -0.2) is 54.0 Å². The van der Waals surface area contributed by atoms with Gasteiger partial charge in [-0.25, -0.2) is 9.78 Å². The Morgan fingerprint density at radius 1 is 1.34 bits per heavy atom. The van der Waals surface area contributed by atoms with Crippen LogP contribution < -0.4 is 0 Å². The van der Waals surface area contributed by atoms with Crippen molar-refractivity contribution >= 4 is 33.6 Å². The summed E-state index contributed by atoms with van der Waals surface area (Å²) >= 11 is 0. The zero-order valence-corrected chi connectivity index (χ0v) is 17.5. The second-order valence-electron chi connectivity index (χ2n) is 7.97. The van der Waals surface area contributed by atoms with Crippen molar-refractivity contribution in [3.8, 4) is 0 Å². The van der Waals surface area contributed by atoms with E-state index in [0.717, 1.165) is 19.3 Å². The number of hydrogen-bond donors (Lipinski definition) is 0. The number of non-ortho nitro benzene ring substituents is 1. The molecule has 156 valence electrons. The topological polar surface area (TPSA) is 116 Å². The van der Waals surface area contributed by atoms with Crippen LogP contribution in [0.2, 0.25) is 0 Å². The van der Waals surface area contributed by atoms with Crippen LogP contribution in [0.4, 0.5) is 10.5 Å². The molecular weight excluding hydrogens is 396 g/mol. The van der Waals surface area contributed by atoms with E-state index >= 15 is 0 Å². The highest BCUT2D eigenvalue weighted by Gasteiger charge is 2.32. The Labute approximate surface area is 171 Å². The summed E-state index contributed by atoms with van der Waals surface area (Å²) in [5, 5.41) is 11.2. The molecule has 2 atom stereocenters. The highest BCUT2D eigenvalue weighted by Crippen LogP contribution is 2.23. The predicted molar refractivity (Wildman–Crippen MR) is 108 cm³/mol. The van der Waals surface area contributed by atoms with Gasteiger partial charge in [0.15, 0.2) is 0 Å². The van der Waals surface area contributed by atoms with E-state index in [-0.39, 0.29) is 17.5 Å². The van der Waals surface area contributed by atoms with Crippen LogP contribution in [0.1, 0.15) is 40.0 Å². The lowest BCUT2D eigenvalue weighted by molar-refractivity contribution is -0.384. The smallest absolute Gasteiger partial charge is 0.410 e. The van der Waals surface area contributed by atoms with Gasteiger partial charge in [-0.15, -0.1) is 0 Å². The fraction of sp³-hybridized carbons (Fsp3) is 0.526. The van der Waals surface area contributed by atoms with Crippen LogP contribution in [0.15, 0.2) is 29.4 Å². The molecule has 0 saturated carbocycles. The van der Waals surface area contributed by atoms with Gasteiger partial charge in [0.1, 0.15) is 10.6 Å². The number of hydrogen-bond acceptors (Lipinski definition) is 7. The molecule has 1 saturated heterocycles. The molecule has 0 unspecified atom stereocenters. The van der Waals surface area contributed by atoms with E-state index in [9.17, 15) is 19.1 Å². The number of benzene rings is 1. The first-order valence-corrected chi connectivity index (χ1v) is 10.7. The number of nitro groups is 1. The third-order valence-electron chi connectivity index (χ3n) is 4.55. The Morgan fingerprint density at radius 2 is 2.10 bits per heavy atom. The molecule has 0 radical (unpaired) electrons. The number of likely N-dealkylation sites (tertiary alicyclic amines) is 1. The molecule has 1 aliphatic heterocycles. The molecule has 29 heavy (non-hydrogen) atoms. The van der Waals surface area contributed by atoms with Crippen LogP contribution >= 0.6 is 0 Å². The van der Waals surface area contributed by atoms with E-state index in [2.05, 4.69) is 9.97 Å². The molecule has 1 aliphatic rings. The fourth-order valence-corrected chi connectivity index (χ4v) is 4.44. The molecule has 0 bridgehead atoms. The first-order valence-electron chi connectivity index (χ1n) is 9.43. The second-order valence-corrected chi connectivity index (χ2v) is 9.42. The number of piperidine rings is 1. The summed E-state index contributed by atoms with van der Waals surface area (Å²) in [4.78, 5) is 33.1. The largest absolute Gasteiger partial charge is 0.444 e. The van der Waals surface area contributed by atoms with E-state index in [0.29, 0.717) is 22.6 Å². The van der Waals surface area contributed by atoms with Crippen molar-refractivity contribution in [3.63, 3.8) is 0 Å². The number of aromatic nitrogens is 2. The lowest BCUT2D eigenvalue weighted by Crippen LogP contribution is -2.48. The van der Waals surface area contributed by atoms with Crippen molar-refractivity contribution in [2.45, 2.75) is 56.7 Å². The fourth-order valence-electron chi connectivity index (χ4n) is 3.20. The maximum atomic E-state index is 12.9. The Hall–Kier alpha value is -2.62. The SMILES string of the molecule is CC(C)(C)OC(=O)N1CCCC[C@H]1C[S@@](=O)c1cnc2cc([N+](=O)[O-])ccc2n1. The molecule has 2 aromatic rings. The number of rotatable bonds is 4. The molecule has 2 heterocycles. The number of carbonyl (C=O) groups is 1. The third kappa shape index (κ3) is 5.26. The maximum absolute atomic E-state index is 12.9. The first kappa shape index (κ1) is 21.1. The summed E-state index contributed by atoms with van der Waals surface area (Å²) in [7, 11) is -1.47. The van der Waals surface area contributed by atoms with E-state index in [1.807, 2.05) is 20.8 Å². The van der Waals surface area contributed by atoms with Gasteiger partial charge in [-0.2, -0.15) is 0 Å². The number of fused-ring (bicyclic) bond motifs is 1. The van der Waals surface area contributed by atoms with Gasteiger partial charge in [-0.05, 0) is 46.1 Å². The molecule has 1 amide bonds.